The summed E-state index contributed by atoms with van der Waals surface area (Å²) in [4.78, 5) is 38.9. The molecule has 2 fully saturated rings. The lowest BCUT2D eigenvalue weighted by Crippen LogP contribution is -2.44. The van der Waals surface area contributed by atoms with E-state index in [2.05, 4.69) is 25.9 Å². The number of nitrogens with zero attached hydrogens (tertiary/aromatic N) is 5. The minimum atomic E-state index is -0.699. The van der Waals surface area contributed by atoms with Crippen molar-refractivity contribution in [3.8, 4) is 11.7 Å². The number of carbonyl (C=O) groups is 3. The maximum atomic E-state index is 12.7. The molecule has 0 aromatic carbocycles. The van der Waals surface area contributed by atoms with Gasteiger partial charge in [-0.05, 0) is 31.7 Å². The van der Waals surface area contributed by atoms with Gasteiger partial charge in [0.2, 0.25) is 5.88 Å². The topological polar surface area (TPSA) is 131 Å². The highest BCUT2D eigenvalue weighted by atomic mass is 16.5. The van der Waals surface area contributed by atoms with E-state index in [9.17, 15) is 14.4 Å². The number of amides is 4. The second kappa shape index (κ2) is 8.93. The molecule has 32 heavy (non-hydrogen) atoms. The molecule has 1 saturated heterocycles. The molecule has 2 aromatic rings. The number of methoxy groups -OCH3 is 1. The first-order valence-electron chi connectivity index (χ1n) is 10.9. The molecule has 11 heteroatoms. The number of ether oxygens (including phenoxy) is 1. The summed E-state index contributed by atoms with van der Waals surface area (Å²) in [5.74, 6) is 0.475. The molecule has 0 atom stereocenters. The van der Waals surface area contributed by atoms with Gasteiger partial charge in [0.25, 0.3) is 11.8 Å². The highest BCUT2D eigenvalue weighted by molar-refractivity contribution is 6.07. The molecule has 4 amide bonds. The average molecular weight is 441 g/mol. The average Bonchev–Trinajstić information content (AvgIpc) is 3.51. The quantitative estimate of drug-likeness (QED) is 0.465. The van der Waals surface area contributed by atoms with Crippen molar-refractivity contribution in [3.63, 3.8) is 0 Å². The summed E-state index contributed by atoms with van der Waals surface area (Å²) in [6.07, 6.45) is 5.85. The van der Waals surface area contributed by atoms with Gasteiger partial charge in [-0.2, -0.15) is 5.10 Å². The van der Waals surface area contributed by atoms with Gasteiger partial charge >= 0.3 is 6.03 Å². The molecule has 3 heterocycles. The van der Waals surface area contributed by atoms with E-state index < -0.39 is 5.54 Å². The van der Waals surface area contributed by atoms with Crippen molar-refractivity contribution in [1.29, 1.82) is 0 Å². The molecule has 0 bridgehead atoms. The summed E-state index contributed by atoms with van der Waals surface area (Å²) in [5.41, 5.74) is 0.458. The highest BCUT2D eigenvalue weighted by Gasteiger charge is 2.51. The summed E-state index contributed by atoms with van der Waals surface area (Å²) >= 11 is 0. The third-order valence-electron chi connectivity index (χ3n) is 6.05. The first-order chi connectivity index (χ1) is 15.5. The van der Waals surface area contributed by atoms with Crippen LogP contribution in [0.3, 0.4) is 0 Å². The molecule has 1 spiro atoms. The lowest BCUT2D eigenvalue weighted by atomic mass is 9.98. The Balaban J connectivity index is 1.34. The monoisotopic (exact) mass is 441 g/mol. The molecule has 2 aliphatic rings. The van der Waals surface area contributed by atoms with E-state index in [0.717, 1.165) is 12.8 Å². The van der Waals surface area contributed by atoms with E-state index >= 15 is 0 Å². The van der Waals surface area contributed by atoms with Crippen molar-refractivity contribution in [2.75, 3.05) is 20.2 Å². The number of urea groups is 1. The second-order valence-electron chi connectivity index (χ2n) is 7.99. The first kappa shape index (κ1) is 21.7. The number of carbonyl (C=O) groups excluding carboxylic acids is 3. The zero-order valence-electron chi connectivity index (χ0n) is 18.3. The van der Waals surface area contributed by atoms with E-state index in [1.54, 1.807) is 16.8 Å². The molecule has 170 valence electrons. The fourth-order valence-corrected chi connectivity index (χ4v) is 4.37. The molecule has 4 rings (SSSR count). The van der Waals surface area contributed by atoms with Crippen molar-refractivity contribution in [2.45, 2.75) is 51.0 Å². The zero-order valence-corrected chi connectivity index (χ0v) is 18.3. The van der Waals surface area contributed by atoms with Gasteiger partial charge in [0.1, 0.15) is 5.54 Å². The number of nitrogens with one attached hydrogen (secondary N) is 2. The molecule has 1 saturated carbocycles. The zero-order chi connectivity index (χ0) is 22.7. The van der Waals surface area contributed by atoms with Crippen LogP contribution in [-0.2, 0) is 11.2 Å². The SMILES string of the molecule is CCc1c(C(=O)NCCCN2C(=O)NC3(CCCC3)C2=O)cnn1-c1ccc(OC)nn1. The van der Waals surface area contributed by atoms with Crippen LogP contribution in [0.1, 0.15) is 55.1 Å². The predicted molar refractivity (Wildman–Crippen MR) is 113 cm³/mol. The fraction of sp³-hybridized carbons (Fsp3) is 0.524. The fourth-order valence-electron chi connectivity index (χ4n) is 4.37. The standard InChI is InChI=1S/C21H27N7O4/c1-3-15-14(13-23-28(15)16-7-8-17(32-2)26-25-16)18(29)22-11-6-12-27-19(30)21(24-20(27)31)9-4-5-10-21/h7-8,13H,3-6,9-12H2,1-2H3,(H,22,29)(H,24,31). The van der Waals surface area contributed by atoms with E-state index in [4.69, 9.17) is 4.74 Å². The molecular formula is C21H27N7O4. The number of hydrogen-bond acceptors (Lipinski definition) is 7. The molecule has 0 radical (unpaired) electrons. The van der Waals surface area contributed by atoms with Gasteiger partial charge in [0.05, 0.1) is 24.6 Å². The minimum absolute atomic E-state index is 0.138. The summed E-state index contributed by atoms with van der Waals surface area (Å²) in [6, 6.07) is 3.06. The van der Waals surface area contributed by atoms with Gasteiger partial charge in [0, 0.05) is 19.2 Å². The van der Waals surface area contributed by atoms with E-state index in [0.29, 0.717) is 55.2 Å². The van der Waals surface area contributed by atoms with Crippen molar-refractivity contribution in [1.82, 2.24) is 35.5 Å². The van der Waals surface area contributed by atoms with Crippen LogP contribution in [0.2, 0.25) is 0 Å². The molecule has 2 N–H and O–H groups in total. The van der Waals surface area contributed by atoms with Crippen LogP contribution in [-0.4, -0.2) is 68.5 Å². The van der Waals surface area contributed by atoms with Crippen molar-refractivity contribution in [3.05, 3.63) is 29.6 Å². The van der Waals surface area contributed by atoms with Crippen LogP contribution in [0, 0.1) is 0 Å². The van der Waals surface area contributed by atoms with E-state index in [1.807, 2.05) is 6.92 Å². The second-order valence-corrected chi connectivity index (χ2v) is 7.99. The van der Waals surface area contributed by atoms with Gasteiger partial charge in [-0.25, -0.2) is 9.48 Å². The van der Waals surface area contributed by atoms with Gasteiger partial charge in [0.15, 0.2) is 5.82 Å². The molecule has 1 aliphatic heterocycles. The molecule has 1 aliphatic carbocycles. The lowest BCUT2D eigenvalue weighted by Gasteiger charge is -2.20. The minimum Gasteiger partial charge on any atom is -0.480 e. The van der Waals surface area contributed by atoms with Crippen molar-refractivity contribution >= 4 is 17.8 Å². The maximum absolute atomic E-state index is 12.7. The Bertz CT molecular complexity index is 1010. The Kier molecular flexibility index (Phi) is 6.06. The largest absolute Gasteiger partial charge is 0.480 e. The molecule has 11 nitrogen and oxygen atoms in total. The number of rotatable bonds is 8. The molecule has 2 aromatic heterocycles. The smallest absolute Gasteiger partial charge is 0.325 e. The first-order valence-corrected chi connectivity index (χ1v) is 10.9. The molecule has 0 unspecified atom stereocenters. The summed E-state index contributed by atoms with van der Waals surface area (Å²) in [5, 5.41) is 18.0. The Labute approximate surface area is 185 Å². The van der Waals surface area contributed by atoms with Crippen LogP contribution >= 0.6 is 0 Å². The van der Waals surface area contributed by atoms with E-state index in [-0.39, 0.29) is 24.4 Å². The van der Waals surface area contributed by atoms with Gasteiger partial charge < -0.3 is 15.4 Å². The summed E-state index contributed by atoms with van der Waals surface area (Å²) < 4.78 is 6.60. The van der Waals surface area contributed by atoms with Gasteiger partial charge in [-0.3, -0.25) is 14.5 Å². The number of imide groups is 1. The Morgan fingerprint density at radius 2 is 2.03 bits per heavy atom. The van der Waals surface area contributed by atoms with Crippen molar-refractivity contribution < 1.29 is 19.1 Å². The highest BCUT2D eigenvalue weighted by Crippen LogP contribution is 2.35. The van der Waals surface area contributed by atoms with Crippen molar-refractivity contribution in [2.24, 2.45) is 0 Å². The predicted octanol–water partition coefficient (Wildman–Crippen LogP) is 1.22. The van der Waals surface area contributed by atoms with Gasteiger partial charge in [-0.15, -0.1) is 10.2 Å². The summed E-state index contributed by atoms with van der Waals surface area (Å²) in [6.45, 7) is 2.53. The third kappa shape index (κ3) is 3.90. The Hall–Kier alpha value is -3.50. The van der Waals surface area contributed by atoms with E-state index in [1.165, 1.54) is 18.2 Å². The maximum Gasteiger partial charge on any atom is 0.325 e. The van der Waals surface area contributed by atoms with Crippen LogP contribution in [0.15, 0.2) is 18.3 Å². The Morgan fingerprint density at radius 1 is 1.25 bits per heavy atom. The van der Waals surface area contributed by atoms with Crippen LogP contribution in [0.25, 0.3) is 5.82 Å². The van der Waals surface area contributed by atoms with Crippen LogP contribution < -0.4 is 15.4 Å². The van der Waals surface area contributed by atoms with Crippen LogP contribution in [0.4, 0.5) is 4.79 Å². The number of hydrogen-bond donors (Lipinski definition) is 2. The summed E-state index contributed by atoms with van der Waals surface area (Å²) in [7, 11) is 1.51. The van der Waals surface area contributed by atoms with Crippen LogP contribution in [0.5, 0.6) is 5.88 Å². The number of aromatic nitrogens is 4. The Morgan fingerprint density at radius 3 is 2.69 bits per heavy atom. The normalized spacial score (nSPS) is 17.1. The molecular weight excluding hydrogens is 414 g/mol. The third-order valence-corrected chi connectivity index (χ3v) is 6.05. The lowest BCUT2D eigenvalue weighted by molar-refractivity contribution is -0.131. The van der Waals surface area contributed by atoms with Gasteiger partial charge in [-0.1, -0.05) is 19.8 Å².